The van der Waals surface area contributed by atoms with E-state index in [2.05, 4.69) is 30.2 Å². The topological polar surface area (TPSA) is 66.4 Å². The quantitative estimate of drug-likeness (QED) is 0.0228. The van der Waals surface area contributed by atoms with Crippen molar-refractivity contribution >= 4 is 10.4 Å². The summed E-state index contributed by atoms with van der Waals surface area (Å²) in [5.41, 5.74) is 0. The van der Waals surface area contributed by atoms with Crippen LogP contribution in [0.25, 0.3) is 0 Å². The Kier molecular flexibility index (Phi) is 39.4. The van der Waals surface area contributed by atoms with Crippen LogP contribution in [0.15, 0.2) is 12.2 Å². The van der Waals surface area contributed by atoms with E-state index >= 15 is 0 Å². The molecule has 0 fully saturated rings. The van der Waals surface area contributed by atoms with Gasteiger partial charge in [-0.3, -0.25) is 4.18 Å². The van der Waals surface area contributed by atoms with E-state index in [1.807, 2.05) is 0 Å². The molecule has 0 aromatic rings. The monoisotopic (exact) mass is 637 g/mol. The summed E-state index contributed by atoms with van der Waals surface area (Å²) in [6.45, 7) is 4.53. The van der Waals surface area contributed by atoms with Gasteiger partial charge in [0.15, 0.2) is 0 Å². The fraction of sp³-hybridized carbons (Fsp3) is 0.946. The maximum atomic E-state index is 11.0. The van der Waals surface area contributed by atoms with Crippen LogP contribution in [-0.2, 0) is 14.6 Å². The maximum Gasteiger partial charge on any atom is 1.00 e. The molecule has 0 spiro atoms. The maximum absolute atomic E-state index is 11.0. The summed E-state index contributed by atoms with van der Waals surface area (Å²) in [5.74, 6) is 0.0165. The van der Waals surface area contributed by atoms with E-state index in [0.29, 0.717) is 0 Å². The average molecular weight is 637 g/mol. The normalized spacial score (nSPS) is 12.6. The van der Waals surface area contributed by atoms with E-state index in [9.17, 15) is 13.0 Å². The predicted molar refractivity (Wildman–Crippen MR) is 183 cm³/mol. The second kappa shape index (κ2) is 37.1. The summed E-state index contributed by atoms with van der Waals surface area (Å²) in [7, 11) is -4.62. The Bertz CT molecular complexity index is 653. The first-order chi connectivity index (χ1) is 20.5. The van der Waals surface area contributed by atoms with Crippen molar-refractivity contribution in [3.8, 4) is 0 Å². The molecule has 0 aliphatic heterocycles. The summed E-state index contributed by atoms with van der Waals surface area (Å²) in [6, 6.07) is 0. The largest absolute Gasteiger partial charge is 1.00 e. The number of allylic oxidation sites excluding steroid dienone is 1. The fourth-order valence-corrected chi connectivity index (χ4v) is 6.27. The molecule has 0 bridgehead atoms. The van der Waals surface area contributed by atoms with Crippen molar-refractivity contribution in [1.29, 1.82) is 0 Å². The Labute approximate surface area is 293 Å². The van der Waals surface area contributed by atoms with Crippen LogP contribution in [0.1, 0.15) is 213 Å². The van der Waals surface area contributed by atoms with Gasteiger partial charge in [0, 0.05) is 5.92 Å². The molecular weight excluding hydrogens is 563 g/mol. The molecule has 0 aliphatic rings. The number of rotatable bonds is 35. The molecule has 0 heterocycles. The molecule has 0 saturated carbocycles. The van der Waals surface area contributed by atoms with Crippen molar-refractivity contribution in [3.63, 3.8) is 0 Å². The van der Waals surface area contributed by atoms with Crippen molar-refractivity contribution in [2.24, 2.45) is 5.92 Å². The fourth-order valence-electron chi connectivity index (χ4n) is 5.93. The molecule has 0 aliphatic carbocycles. The van der Waals surface area contributed by atoms with Crippen molar-refractivity contribution in [3.05, 3.63) is 12.2 Å². The number of hydrogen-bond acceptors (Lipinski definition) is 4. The Morgan fingerprint density at radius 3 is 1.14 bits per heavy atom. The molecule has 0 aromatic carbocycles. The zero-order valence-electron chi connectivity index (χ0n) is 29.4. The minimum atomic E-state index is -4.62. The summed E-state index contributed by atoms with van der Waals surface area (Å²) in [4.78, 5) is 0. The third kappa shape index (κ3) is 40.6. The second-order valence-electron chi connectivity index (χ2n) is 13.0. The first kappa shape index (κ1) is 45.7. The molecule has 252 valence electrons. The van der Waals surface area contributed by atoms with E-state index in [0.717, 1.165) is 19.3 Å². The third-order valence-corrected chi connectivity index (χ3v) is 9.16. The van der Waals surface area contributed by atoms with Crippen LogP contribution in [0.5, 0.6) is 0 Å². The minimum absolute atomic E-state index is 0. The van der Waals surface area contributed by atoms with Gasteiger partial charge < -0.3 is 4.55 Å². The van der Waals surface area contributed by atoms with Gasteiger partial charge in [0.25, 0.3) is 0 Å². The van der Waals surface area contributed by atoms with Gasteiger partial charge in [0.2, 0.25) is 10.4 Å². The zero-order valence-corrected chi connectivity index (χ0v) is 32.2. The molecule has 0 rings (SSSR count). The third-order valence-electron chi connectivity index (χ3n) is 8.74. The van der Waals surface area contributed by atoms with Crippen LogP contribution in [0.4, 0.5) is 0 Å². The van der Waals surface area contributed by atoms with Gasteiger partial charge in [-0.05, 0) is 19.3 Å². The molecule has 43 heavy (non-hydrogen) atoms. The van der Waals surface area contributed by atoms with Gasteiger partial charge >= 0.3 is 29.6 Å². The van der Waals surface area contributed by atoms with Crippen molar-refractivity contribution < 1.29 is 46.7 Å². The van der Waals surface area contributed by atoms with Crippen LogP contribution in [-0.4, -0.2) is 19.6 Å². The smallest absolute Gasteiger partial charge is 0.726 e. The first-order valence-corrected chi connectivity index (χ1v) is 20.1. The summed E-state index contributed by atoms with van der Waals surface area (Å²) >= 11 is 0. The van der Waals surface area contributed by atoms with E-state index in [4.69, 9.17) is 0 Å². The van der Waals surface area contributed by atoms with Gasteiger partial charge in [0.1, 0.15) is 0 Å². The summed E-state index contributed by atoms with van der Waals surface area (Å²) < 4.78 is 37.5. The van der Waals surface area contributed by atoms with E-state index in [1.165, 1.54) is 180 Å². The SMILES string of the molecule is CCCCCCCCCCCCCCCCCCCC/C=C/C(CCCCCCCCCCCCC)COS(=O)(=O)[O-].[Na+]. The Morgan fingerprint density at radius 2 is 0.814 bits per heavy atom. The zero-order chi connectivity index (χ0) is 30.8. The van der Waals surface area contributed by atoms with Crippen LogP contribution >= 0.6 is 0 Å². The molecular formula is C37H73NaO4S. The molecule has 6 heteroatoms. The van der Waals surface area contributed by atoms with Gasteiger partial charge in [-0.15, -0.1) is 0 Å². The van der Waals surface area contributed by atoms with E-state index in [1.54, 1.807) is 0 Å². The molecule has 0 radical (unpaired) electrons. The first-order valence-electron chi connectivity index (χ1n) is 18.8. The predicted octanol–water partition coefficient (Wildman–Crippen LogP) is 9.77. The molecule has 1 atom stereocenters. The van der Waals surface area contributed by atoms with Crippen LogP contribution in [0.2, 0.25) is 0 Å². The molecule has 1 unspecified atom stereocenters. The van der Waals surface area contributed by atoms with Crippen molar-refractivity contribution in [2.45, 2.75) is 213 Å². The Hall–Kier alpha value is 0.610. The van der Waals surface area contributed by atoms with Gasteiger partial charge in [-0.2, -0.15) is 0 Å². The molecule has 0 N–H and O–H groups in total. The number of unbranched alkanes of at least 4 members (excludes halogenated alkanes) is 28. The van der Waals surface area contributed by atoms with E-state index < -0.39 is 10.4 Å². The van der Waals surface area contributed by atoms with E-state index in [-0.39, 0.29) is 42.1 Å². The van der Waals surface area contributed by atoms with Gasteiger partial charge in [0.05, 0.1) is 6.61 Å². The van der Waals surface area contributed by atoms with Gasteiger partial charge in [-0.1, -0.05) is 206 Å². The molecule has 0 saturated heterocycles. The van der Waals surface area contributed by atoms with Crippen LogP contribution in [0.3, 0.4) is 0 Å². The van der Waals surface area contributed by atoms with Gasteiger partial charge in [-0.25, -0.2) is 8.42 Å². The Morgan fingerprint density at radius 1 is 0.512 bits per heavy atom. The standard InChI is InChI=1S/C37H74O4S.Na/c1-3-5-7-9-11-13-15-16-17-18-19-20-21-22-23-25-27-29-31-33-35-37(36-41-42(38,39)40)34-32-30-28-26-24-14-12-10-8-6-4-2;/h33,35,37H,3-32,34,36H2,1-2H3,(H,38,39,40);/q;+1/p-1/b35-33+;. The summed E-state index contributed by atoms with van der Waals surface area (Å²) in [6.07, 6.45) is 45.4. The minimum Gasteiger partial charge on any atom is -0.726 e. The van der Waals surface area contributed by atoms with Crippen LogP contribution < -0.4 is 29.6 Å². The van der Waals surface area contributed by atoms with Crippen molar-refractivity contribution in [2.75, 3.05) is 6.61 Å². The molecule has 4 nitrogen and oxygen atoms in total. The molecule has 0 aromatic heterocycles. The number of hydrogen-bond donors (Lipinski definition) is 0. The average Bonchev–Trinajstić information content (AvgIpc) is 2.96. The Balaban J connectivity index is 0. The summed E-state index contributed by atoms with van der Waals surface area (Å²) in [5, 5.41) is 0. The second-order valence-corrected chi connectivity index (χ2v) is 14.1. The van der Waals surface area contributed by atoms with Crippen LogP contribution in [0, 0.1) is 5.92 Å². The van der Waals surface area contributed by atoms with Crippen molar-refractivity contribution in [1.82, 2.24) is 0 Å². The molecule has 0 amide bonds.